The molecule has 0 N–H and O–H groups in total. The second kappa shape index (κ2) is 5.74. The molecule has 0 spiro atoms. The standard InChI is InChI=1S/C5H9F3O5PS/c1-2-12-3-14(9)4-13-15(10,11)5(6,7)8/h2-4H2,1H3/q+1. The molecule has 0 rings (SSSR count). The molecule has 0 bridgehead atoms. The molecule has 0 aliphatic heterocycles. The molecule has 15 heavy (non-hydrogen) atoms. The normalized spacial score (nSPS) is 14.0. The van der Waals surface area contributed by atoms with E-state index in [1.165, 1.54) is 0 Å². The predicted molar refractivity (Wildman–Crippen MR) is 45.0 cm³/mol. The first kappa shape index (κ1) is 14.8. The third-order valence-corrected chi connectivity index (χ3v) is 3.13. The maximum absolute atomic E-state index is 11.7. The first-order chi connectivity index (χ1) is 6.70. The Morgan fingerprint density at radius 2 is 1.80 bits per heavy atom. The van der Waals surface area contributed by atoms with Crippen LogP contribution in [-0.2, 0) is 23.6 Å². The minimum Gasteiger partial charge on any atom is -0.338 e. The minimum atomic E-state index is -5.66. The lowest BCUT2D eigenvalue weighted by molar-refractivity contribution is -0.0531. The third-order valence-electron chi connectivity index (χ3n) is 1.07. The molecule has 10 heteroatoms. The van der Waals surface area contributed by atoms with Crippen LogP contribution in [0.1, 0.15) is 6.92 Å². The van der Waals surface area contributed by atoms with Crippen molar-refractivity contribution in [2.45, 2.75) is 12.4 Å². The van der Waals surface area contributed by atoms with Crippen LogP contribution in [-0.4, -0.2) is 33.2 Å². The van der Waals surface area contributed by atoms with Gasteiger partial charge in [0.25, 0.3) is 6.35 Å². The Bertz CT molecular complexity index is 311. The summed E-state index contributed by atoms with van der Waals surface area (Å²) < 4.78 is 74.7. The van der Waals surface area contributed by atoms with Crippen LogP contribution in [0.4, 0.5) is 13.2 Å². The average molecular weight is 269 g/mol. The first-order valence-corrected chi connectivity index (χ1v) is 6.70. The molecule has 1 unspecified atom stereocenters. The molecule has 5 nitrogen and oxygen atoms in total. The van der Waals surface area contributed by atoms with Crippen molar-refractivity contribution in [2.24, 2.45) is 0 Å². The largest absolute Gasteiger partial charge is 0.523 e. The van der Waals surface area contributed by atoms with Gasteiger partial charge in [0.1, 0.15) is 0 Å². The van der Waals surface area contributed by atoms with Crippen molar-refractivity contribution < 1.29 is 35.1 Å². The molecule has 0 heterocycles. The van der Waals surface area contributed by atoms with Crippen LogP contribution in [0, 0.1) is 0 Å². The Balaban J connectivity index is 4.12. The van der Waals surface area contributed by atoms with Gasteiger partial charge in [-0.2, -0.15) is 21.6 Å². The summed E-state index contributed by atoms with van der Waals surface area (Å²) in [6.07, 6.45) is -1.36. The van der Waals surface area contributed by atoms with Crippen molar-refractivity contribution >= 4 is 17.9 Å². The summed E-state index contributed by atoms with van der Waals surface area (Å²) in [7, 11) is -7.93. The van der Waals surface area contributed by atoms with E-state index in [2.05, 4.69) is 8.92 Å². The smallest absolute Gasteiger partial charge is 0.338 e. The quantitative estimate of drug-likeness (QED) is 0.416. The third kappa shape index (κ3) is 5.41. The summed E-state index contributed by atoms with van der Waals surface area (Å²) in [5.74, 6) is 0. The molecule has 90 valence electrons. The average Bonchev–Trinajstić information content (AvgIpc) is 2.09. The van der Waals surface area contributed by atoms with Gasteiger partial charge in [0, 0.05) is 6.61 Å². The number of alkyl halides is 3. The zero-order valence-corrected chi connectivity index (χ0v) is 9.36. The summed E-state index contributed by atoms with van der Waals surface area (Å²) in [5.41, 5.74) is -5.49. The fourth-order valence-corrected chi connectivity index (χ4v) is 2.05. The van der Waals surface area contributed by atoms with Gasteiger partial charge >= 0.3 is 23.4 Å². The van der Waals surface area contributed by atoms with Crippen LogP contribution in [0.15, 0.2) is 0 Å². The molecule has 1 atom stereocenters. The van der Waals surface area contributed by atoms with Gasteiger partial charge in [-0.05, 0) is 6.92 Å². The second-order valence-corrected chi connectivity index (χ2v) is 5.34. The van der Waals surface area contributed by atoms with Gasteiger partial charge in [-0.3, -0.25) is 0 Å². The number of hydrogen-bond donors (Lipinski definition) is 0. The molecule has 0 aliphatic rings. The summed E-state index contributed by atoms with van der Waals surface area (Å²) in [5, 5.41) is 0. The van der Waals surface area contributed by atoms with Crippen LogP contribution in [0.5, 0.6) is 0 Å². The van der Waals surface area contributed by atoms with E-state index in [0.29, 0.717) is 0 Å². The molecular formula is C5H9F3O5PS+. The van der Waals surface area contributed by atoms with Gasteiger partial charge in [0.15, 0.2) is 0 Å². The lowest BCUT2D eigenvalue weighted by atomic mass is 10.9. The highest BCUT2D eigenvalue weighted by atomic mass is 32.2. The van der Waals surface area contributed by atoms with Gasteiger partial charge in [-0.1, -0.05) is 4.57 Å². The Labute approximate surface area is 85.5 Å². The molecule has 0 saturated heterocycles. The Morgan fingerprint density at radius 1 is 1.27 bits per heavy atom. The summed E-state index contributed by atoms with van der Waals surface area (Å²) >= 11 is 0. The van der Waals surface area contributed by atoms with Crippen molar-refractivity contribution in [2.75, 3.05) is 19.3 Å². The van der Waals surface area contributed by atoms with E-state index in [0.717, 1.165) is 0 Å². The molecule has 0 aromatic carbocycles. The van der Waals surface area contributed by atoms with E-state index in [9.17, 15) is 26.2 Å². The lowest BCUT2D eigenvalue weighted by Gasteiger charge is -2.04. The van der Waals surface area contributed by atoms with Gasteiger partial charge < -0.3 is 4.74 Å². The van der Waals surface area contributed by atoms with Gasteiger partial charge in [-0.15, -0.1) is 0 Å². The van der Waals surface area contributed by atoms with E-state index in [4.69, 9.17) is 0 Å². The van der Waals surface area contributed by atoms with E-state index < -0.39 is 29.8 Å². The molecule has 0 saturated carbocycles. The maximum Gasteiger partial charge on any atom is 0.523 e. The molecule has 0 aromatic heterocycles. The highest BCUT2D eigenvalue weighted by molar-refractivity contribution is 7.87. The first-order valence-electron chi connectivity index (χ1n) is 3.66. The van der Waals surface area contributed by atoms with Crippen molar-refractivity contribution in [3.05, 3.63) is 0 Å². The van der Waals surface area contributed by atoms with Crippen LogP contribution in [0.2, 0.25) is 0 Å². The summed E-state index contributed by atoms with van der Waals surface area (Å²) in [6.45, 7) is 1.82. The molecule has 0 radical (unpaired) electrons. The molecule has 0 fully saturated rings. The topological polar surface area (TPSA) is 69.7 Å². The van der Waals surface area contributed by atoms with Gasteiger partial charge in [-0.25, -0.2) is 4.18 Å². The van der Waals surface area contributed by atoms with E-state index in [1.807, 2.05) is 0 Å². The second-order valence-electron chi connectivity index (χ2n) is 2.25. The van der Waals surface area contributed by atoms with Crippen molar-refractivity contribution in [1.82, 2.24) is 0 Å². The Morgan fingerprint density at radius 3 is 2.20 bits per heavy atom. The fourth-order valence-electron chi connectivity index (χ4n) is 0.425. The minimum absolute atomic E-state index is 0.229. The molecular weight excluding hydrogens is 260 g/mol. The molecule has 0 aromatic rings. The highest BCUT2D eigenvalue weighted by Gasteiger charge is 2.48. The van der Waals surface area contributed by atoms with Gasteiger partial charge in [0.05, 0.1) is 0 Å². The number of ether oxygens (including phenoxy) is 1. The zero-order valence-electron chi connectivity index (χ0n) is 7.65. The maximum atomic E-state index is 11.7. The summed E-state index contributed by atoms with van der Waals surface area (Å²) in [6, 6.07) is 0. The van der Waals surface area contributed by atoms with Gasteiger partial charge in [0.2, 0.25) is 6.35 Å². The highest BCUT2D eigenvalue weighted by Crippen LogP contribution is 2.28. The monoisotopic (exact) mass is 269 g/mol. The SMILES string of the molecule is CCOC[P+](=O)COS(=O)(=O)C(F)(F)F. The van der Waals surface area contributed by atoms with Crippen molar-refractivity contribution in [3.8, 4) is 0 Å². The number of halogens is 3. The molecule has 0 aliphatic carbocycles. The Kier molecular flexibility index (Phi) is 5.65. The predicted octanol–water partition coefficient (Wildman–Crippen LogP) is 1.63. The fraction of sp³-hybridized carbons (Fsp3) is 1.00. The van der Waals surface area contributed by atoms with Crippen LogP contribution in [0.25, 0.3) is 0 Å². The number of rotatable bonds is 6. The lowest BCUT2D eigenvalue weighted by Crippen LogP contribution is -2.25. The van der Waals surface area contributed by atoms with E-state index in [1.54, 1.807) is 6.92 Å². The summed E-state index contributed by atoms with van der Waals surface area (Å²) in [4.78, 5) is 0. The van der Waals surface area contributed by atoms with Crippen LogP contribution < -0.4 is 0 Å². The van der Waals surface area contributed by atoms with Crippen molar-refractivity contribution in [3.63, 3.8) is 0 Å². The zero-order chi connectivity index (χ0) is 12.1. The van der Waals surface area contributed by atoms with Crippen LogP contribution >= 0.6 is 7.80 Å². The van der Waals surface area contributed by atoms with Crippen molar-refractivity contribution in [1.29, 1.82) is 0 Å². The van der Waals surface area contributed by atoms with E-state index in [-0.39, 0.29) is 13.0 Å². The van der Waals surface area contributed by atoms with Crippen LogP contribution in [0.3, 0.4) is 0 Å². The molecule has 0 amide bonds. The number of hydrogen-bond acceptors (Lipinski definition) is 5. The Hall–Kier alpha value is -0.240. The van der Waals surface area contributed by atoms with E-state index >= 15 is 0 Å².